The lowest BCUT2D eigenvalue weighted by Crippen LogP contribution is -2.42. The summed E-state index contributed by atoms with van der Waals surface area (Å²) in [7, 11) is 0. The smallest absolute Gasteiger partial charge is 0.143 e. The summed E-state index contributed by atoms with van der Waals surface area (Å²) in [4.78, 5) is 0. The highest BCUT2D eigenvalue weighted by Gasteiger charge is 2.35. The molecule has 0 saturated heterocycles. The molecule has 0 aromatic heterocycles. The van der Waals surface area contributed by atoms with E-state index in [1.807, 2.05) is 0 Å². The lowest BCUT2D eigenvalue weighted by molar-refractivity contribution is -0.0374. The maximum atomic E-state index is 9.70. The van der Waals surface area contributed by atoms with Crippen molar-refractivity contribution in [1.82, 2.24) is 0 Å². The van der Waals surface area contributed by atoms with Gasteiger partial charge in [-0.25, -0.2) is 0 Å². The molecule has 1 aliphatic rings. The SMILES string of the molecule is C=CCC1(O)C=CC=C(O)C1O. The van der Waals surface area contributed by atoms with Crippen LogP contribution < -0.4 is 0 Å². The fourth-order valence-electron chi connectivity index (χ4n) is 1.16. The standard InChI is InChI=1S/C9H12O3/c1-2-5-9(12)6-3-4-7(10)8(9)11/h2-4,6,8,10-12H,1,5H2. The van der Waals surface area contributed by atoms with Gasteiger partial charge in [0.1, 0.15) is 17.5 Å². The molecule has 0 fully saturated rings. The second kappa shape index (κ2) is 3.13. The van der Waals surface area contributed by atoms with Gasteiger partial charge in [-0.05, 0) is 12.2 Å². The molecule has 1 aliphatic carbocycles. The maximum absolute atomic E-state index is 9.70. The van der Waals surface area contributed by atoms with Crippen molar-refractivity contribution in [3.63, 3.8) is 0 Å². The van der Waals surface area contributed by atoms with Crippen LogP contribution in [0.25, 0.3) is 0 Å². The van der Waals surface area contributed by atoms with E-state index in [2.05, 4.69) is 6.58 Å². The minimum absolute atomic E-state index is 0.211. The van der Waals surface area contributed by atoms with E-state index >= 15 is 0 Å². The zero-order valence-corrected chi connectivity index (χ0v) is 6.64. The lowest BCUT2D eigenvalue weighted by Gasteiger charge is -2.30. The van der Waals surface area contributed by atoms with Gasteiger partial charge in [-0.3, -0.25) is 0 Å². The molecule has 0 radical (unpaired) electrons. The molecule has 3 nitrogen and oxygen atoms in total. The fourth-order valence-corrected chi connectivity index (χ4v) is 1.16. The summed E-state index contributed by atoms with van der Waals surface area (Å²) >= 11 is 0. The molecule has 0 spiro atoms. The van der Waals surface area contributed by atoms with Crippen molar-refractivity contribution in [2.24, 2.45) is 0 Å². The molecule has 0 aromatic rings. The van der Waals surface area contributed by atoms with Crippen molar-refractivity contribution in [2.75, 3.05) is 0 Å². The van der Waals surface area contributed by atoms with Crippen molar-refractivity contribution in [2.45, 2.75) is 18.1 Å². The lowest BCUT2D eigenvalue weighted by atomic mass is 9.88. The van der Waals surface area contributed by atoms with Gasteiger partial charge in [0.2, 0.25) is 0 Å². The Morgan fingerprint density at radius 3 is 2.92 bits per heavy atom. The van der Waals surface area contributed by atoms with Gasteiger partial charge in [-0.2, -0.15) is 0 Å². The van der Waals surface area contributed by atoms with Gasteiger partial charge in [0.05, 0.1) is 0 Å². The average molecular weight is 168 g/mol. The minimum atomic E-state index is -1.40. The van der Waals surface area contributed by atoms with Crippen LogP contribution in [-0.4, -0.2) is 27.0 Å². The predicted octanol–water partition coefficient (Wildman–Crippen LogP) is 0.666. The molecule has 3 heteroatoms. The number of rotatable bonds is 2. The third kappa shape index (κ3) is 1.42. The van der Waals surface area contributed by atoms with Crippen molar-refractivity contribution < 1.29 is 15.3 Å². The quantitative estimate of drug-likeness (QED) is 0.531. The Kier molecular flexibility index (Phi) is 2.35. The number of allylic oxidation sites excluding steroid dienone is 2. The number of aliphatic hydroxyl groups excluding tert-OH is 2. The van der Waals surface area contributed by atoms with Crippen LogP contribution in [0.2, 0.25) is 0 Å². The number of hydrogen-bond acceptors (Lipinski definition) is 3. The Morgan fingerprint density at radius 1 is 1.67 bits per heavy atom. The summed E-state index contributed by atoms with van der Waals surface area (Å²) < 4.78 is 0. The van der Waals surface area contributed by atoms with Gasteiger partial charge in [-0.1, -0.05) is 12.2 Å². The van der Waals surface area contributed by atoms with Crippen molar-refractivity contribution in [3.8, 4) is 0 Å². The summed E-state index contributed by atoms with van der Waals surface area (Å²) in [6.45, 7) is 3.45. The highest BCUT2D eigenvalue weighted by Crippen LogP contribution is 2.25. The van der Waals surface area contributed by atoms with E-state index in [4.69, 9.17) is 5.11 Å². The molecule has 2 unspecified atom stereocenters. The molecule has 2 atom stereocenters. The third-order valence-corrected chi connectivity index (χ3v) is 1.88. The van der Waals surface area contributed by atoms with E-state index in [9.17, 15) is 10.2 Å². The predicted molar refractivity (Wildman–Crippen MR) is 45.6 cm³/mol. The molecule has 66 valence electrons. The molecule has 0 amide bonds. The van der Waals surface area contributed by atoms with Crippen molar-refractivity contribution >= 4 is 0 Å². The number of aliphatic hydroxyl groups is 3. The first-order valence-corrected chi connectivity index (χ1v) is 3.70. The first-order chi connectivity index (χ1) is 5.60. The van der Waals surface area contributed by atoms with Crippen LogP contribution >= 0.6 is 0 Å². The molecular weight excluding hydrogens is 156 g/mol. The van der Waals surface area contributed by atoms with Gasteiger partial charge in [0.15, 0.2) is 0 Å². The van der Waals surface area contributed by atoms with E-state index in [0.717, 1.165) is 0 Å². The van der Waals surface area contributed by atoms with Crippen LogP contribution in [0.3, 0.4) is 0 Å². The molecule has 0 heterocycles. The second-order valence-electron chi connectivity index (χ2n) is 2.84. The Hall–Kier alpha value is -1.06. The van der Waals surface area contributed by atoms with E-state index in [1.54, 1.807) is 0 Å². The van der Waals surface area contributed by atoms with E-state index in [0.29, 0.717) is 0 Å². The zero-order chi connectivity index (χ0) is 9.19. The molecule has 0 aliphatic heterocycles. The first-order valence-electron chi connectivity index (χ1n) is 3.70. The van der Waals surface area contributed by atoms with Crippen molar-refractivity contribution in [1.29, 1.82) is 0 Å². The molecule has 3 N–H and O–H groups in total. The second-order valence-corrected chi connectivity index (χ2v) is 2.84. The van der Waals surface area contributed by atoms with Gasteiger partial charge >= 0.3 is 0 Å². The topological polar surface area (TPSA) is 60.7 Å². The van der Waals surface area contributed by atoms with Crippen LogP contribution in [0.15, 0.2) is 36.6 Å². The highest BCUT2D eigenvalue weighted by molar-refractivity contribution is 5.26. The first kappa shape index (κ1) is 9.03. The van der Waals surface area contributed by atoms with Gasteiger partial charge < -0.3 is 15.3 Å². The normalized spacial score (nSPS) is 34.5. The molecule has 0 aromatic carbocycles. The monoisotopic (exact) mass is 168 g/mol. The summed E-state index contributed by atoms with van der Waals surface area (Å²) in [5.41, 5.74) is -1.40. The van der Waals surface area contributed by atoms with E-state index in [1.165, 1.54) is 24.3 Å². The van der Waals surface area contributed by atoms with Crippen LogP contribution in [0, 0.1) is 0 Å². The Morgan fingerprint density at radius 2 is 2.33 bits per heavy atom. The minimum Gasteiger partial charge on any atom is -0.509 e. The van der Waals surface area contributed by atoms with Crippen LogP contribution in [0.1, 0.15) is 6.42 Å². The summed E-state index contributed by atoms with van der Waals surface area (Å²) in [6.07, 6.45) is 4.75. The Labute approximate surface area is 71.0 Å². The van der Waals surface area contributed by atoms with Gasteiger partial charge in [-0.15, -0.1) is 6.58 Å². The summed E-state index contributed by atoms with van der Waals surface area (Å²) in [6, 6.07) is 0. The van der Waals surface area contributed by atoms with Crippen molar-refractivity contribution in [3.05, 3.63) is 36.6 Å². The Bertz CT molecular complexity index is 242. The van der Waals surface area contributed by atoms with Gasteiger partial charge in [0, 0.05) is 6.42 Å². The van der Waals surface area contributed by atoms with Crippen LogP contribution in [-0.2, 0) is 0 Å². The molecule has 1 rings (SSSR count). The summed E-state index contributed by atoms with van der Waals surface area (Å²) in [5, 5.41) is 28.2. The zero-order valence-electron chi connectivity index (χ0n) is 6.64. The van der Waals surface area contributed by atoms with Gasteiger partial charge in [0.25, 0.3) is 0 Å². The third-order valence-electron chi connectivity index (χ3n) is 1.88. The highest BCUT2D eigenvalue weighted by atomic mass is 16.4. The summed E-state index contributed by atoms with van der Waals surface area (Å²) in [5.74, 6) is -0.221. The maximum Gasteiger partial charge on any atom is 0.143 e. The largest absolute Gasteiger partial charge is 0.509 e. The molecule has 0 bridgehead atoms. The molecular formula is C9H12O3. The molecule has 12 heavy (non-hydrogen) atoms. The number of hydrogen-bond donors (Lipinski definition) is 3. The average Bonchev–Trinajstić information content (AvgIpc) is 2.01. The van der Waals surface area contributed by atoms with E-state index in [-0.39, 0.29) is 12.2 Å². The Balaban J connectivity index is 2.87. The van der Waals surface area contributed by atoms with E-state index < -0.39 is 11.7 Å². The van der Waals surface area contributed by atoms with Crippen LogP contribution in [0.5, 0.6) is 0 Å². The van der Waals surface area contributed by atoms with Crippen LogP contribution in [0.4, 0.5) is 0 Å². The fraction of sp³-hybridized carbons (Fsp3) is 0.333. The molecule has 0 saturated carbocycles.